The van der Waals surface area contributed by atoms with Crippen LogP contribution in [0.15, 0.2) is 35.3 Å². The zero-order valence-corrected chi connectivity index (χ0v) is 13.6. The molecule has 0 radical (unpaired) electrons. The van der Waals surface area contributed by atoms with E-state index < -0.39 is 5.56 Å². The number of nitrogens with zero attached hydrogens (tertiary/aromatic N) is 3. The Labute approximate surface area is 142 Å². The molecule has 3 heterocycles. The molecule has 8 heteroatoms. The fourth-order valence-corrected chi connectivity index (χ4v) is 2.97. The molecule has 1 unspecified atom stereocenters. The number of aromatic amines is 1. The van der Waals surface area contributed by atoms with E-state index in [0.717, 1.165) is 30.5 Å². The third-order valence-electron chi connectivity index (χ3n) is 4.04. The predicted octanol–water partition coefficient (Wildman–Crippen LogP) is 2.35. The molecule has 0 bridgehead atoms. The van der Waals surface area contributed by atoms with Crippen LogP contribution in [0.4, 0.5) is 5.69 Å². The molecule has 3 aromatic rings. The summed E-state index contributed by atoms with van der Waals surface area (Å²) in [5.41, 5.74) is 1.67. The highest BCUT2D eigenvalue weighted by Gasteiger charge is 2.17. The highest BCUT2D eigenvalue weighted by Crippen LogP contribution is 2.19. The van der Waals surface area contributed by atoms with Gasteiger partial charge in [-0.05, 0) is 25.0 Å². The number of benzene rings is 1. The minimum absolute atomic E-state index is 0.0865. The topological polar surface area (TPSA) is 84.8 Å². The van der Waals surface area contributed by atoms with E-state index in [2.05, 4.69) is 20.4 Å². The Morgan fingerprint density at radius 2 is 2.29 bits per heavy atom. The van der Waals surface area contributed by atoms with E-state index in [-0.39, 0.29) is 11.1 Å². The number of halogens is 1. The van der Waals surface area contributed by atoms with Crippen LogP contribution in [0, 0.1) is 0 Å². The van der Waals surface area contributed by atoms with Crippen molar-refractivity contribution in [3.8, 4) is 5.95 Å². The Bertz CT molecular complexity index is 897. The van der Waals surface area contributed by atoms with Crippen LogP contribution >= 0.6 is 11.6 Å². The maximum absolute atomic E-state index is 12.5. The molecule has 1 fully saturated rings. The van der Waals surface area contributed by atoms with Gasteiger partial charge < -0.3 is 15.0 Å². The second kappa shape index (κ2) is 6.26. The number of nitrogens with one attached hydrogen (secondary N) is 2. The van der Waals surface area contributed by atoms with Crippen LogP contribution in [0.3, 0.4) is 0 Å². The van der Waals surface area contributed by atoms with Gasteiger partial charge in [-0.1, -0.05) is 23.7 Å². The summed E-state index contributed by atoms with van der Waals surface area (Å²) < 4.78 is 6.71. The number of hydrogen-bond acceptors (Lipinski definition) is 5. The van der Waals surface area contributed by atoms with Crippen LogP contribution < -0.4 is 10.9 Å². The van der Waals surface area contributed by atoms with Crippen molar-refractivity contribution in [2.45, 2.75) is 18.9 Å². The smallest absolute Gasteiger partial charge is 0.295 e. The van der Waals surface area contributed by atoms with E-state index in [1.807, 2.05) is 24.3 Å². The van der Waals surface area contributed by atoms with Crippen LogP contribution in [-0.2, 0) is 4.74 Å². The molecule has 2 aromatic heterocycles. The first-order valence-electron chi connectivity index (χ1n) is 7.81. The minimum atomic E-state index is -0.423. The van der Waals surface area contributed by atoms with Gasteiger partial charge >= 0.3 is 0 Å². The second-order valence-electron chi connectivity index (χ2n) is 5.68. The first-order chi connectivity index (χ1) is 11.7. The maximum atomic E-state index is 12.5. The van der Waals surface area contributed by atoms with Gasteiger partial charge in [0.25, 0.3) is 5.56 Å². The Morgan fingerprint density at radius 1 is 1.42 bits per heavy atom. The van der Waals surface area contributed by atoms with Crippen molar-refractivity contribution in [2.24, 2.45) is 0 Å². The van der Waals surface area contributed by atoms with E-state index in [1.54, 1.807) is 0 Å². The molecule has 124 valence electrons. The lowest BCUT2D eigenvalue weighted by molar-refractivity contribution is 0.120. The van der Waals surface area contributed by atoms with Gasteiger partial charge in [0.1, 0.15) is 5.02 Å². The normalized spacial score (nSPS) is 17.5. The van der Waals surface area contributed by atoms with Crippen LogP contribution in [0.2, 0.25) is 5.02 Å². The van der Waals surface area contributed by atoms with Crippen LogP contribution in [0.5, 0.6) is 0 Å². The fraction of sp³-hybridized carbons (Fsp3) is 0.312. The molecule has 1 aromatic carbocycles. The van der Waals surface area contributed by atoms with Crippen LogP contribution in [-0.4, -0.2) is 39.0 Å². The first-order valence-corrected chi connectivity index (χ1v) is 8.18. The first kappa shape index (κ1) is 15.2. The molecule has 1 saturated heterocycles. The van der Waals surface area contributed by atoms with Gasteiger partial charge in [-0.3, -0.25) is 4.79 Å². The molecule has 2 N–H and O–H groups in total. The van der Waals surface area contributed by atoms with Crippen molar-refractivity contribution in [1.82, 2.24) is 19.7 Å². The molecule has 1 atom stereocenters. The van der Waals surface area contributed by atoms with Crippen LogP contribution in [0.25, 0.3) is 17.0 Å². The Hall–Kier alpha value is -2.38. The molecular weight excluding hydrogens is 330 g/mol. The number of H-pyrrole nitrogens is 1. The highest BCUT2D eigenvalue weighted by atomic mass is 35.5. The van der Waals surface area contributed by atoms with Gasteiger partial charge in [0.05, 0.1) is 29.0 Å². The second-order valence-corrected chi connectivity index (χ2v) is 6.06. The Kier molecular flexibility index (Phi) is 3.95. The molecule has 24 heavy (non-hydrogen) atoms. The number of anilines is 1. The largest absolute Gasteiger partial charge is 0.380 e. The van der Waals surface area contributed by atoms with E-state index >= 15 is 0 Å². The lowest BCUT2D eigenvalue weighted by Crippen LogP contribution is -2.25. The standard InChI is InChI=1S/C16H16ClN5O2/c17-14-13(18-8-10-4-3-7-24-10)9-19-22(15(14)23)16-20-11-5-1-2-6-12(11)21-16/h1-2,5-6,9-10,18H,3-4,7-8H2,(H,20,21). The molecule has 4 rings (SSSR count). The molecule has 1 aliphatic heterocycles. The molecule has 0 saturated carbocycles. The van der Waals surface area contributed by atoms with E-state index in [0.29, 0.717) is 18.2 Å². The summed E-state index contributed by atoms with van der Waals surface area (Å²) in [5.74, 6) is 0.341. The number of fused-ring (bicyclic) bond motifs is 1. The lowest BCUT2D eigenvalue weighted by atomic mass is 10.2. The molecule has 0 amide bonds. The van der Waals surface area contributed by atoms with Gasteiger partial charge in [-0.25, -0.2) is 4.98 Å². The lowest BCUT2D eigenvalue weighted by Gasteiger charge is -2.13. The van der Waals surface area contributed by atoms with Crippen molar-refractivity contribution in [2.75, 3.05) is 18.5 Å². The van der Waals surface area contributed by atoms with Gasteiger partial charge in [-0.15, -0.1) is 0 Å². The average molecular weight is 346 g/mol. The number of aromatic nitrogens is 4. The summed E-state index contributed by atoms with van der Waals surface area (Å²) in [4.78, 5) is 19.9. The number of para-hydroxylation sites is 2. The highest BCUT2D eigenvalue weighted by molar-refractivity contribution is 6.32. The summed E-state index contributed by atoms with van der Waals surface area (Å²) in [5, 5.41) is 7.40. The third-order valence-corrected chi connectivity index (χ3v) is 4.41. The Balaban J connectivity index is 1.62. The van der Waals surface area contributed by atoms with E-state index in [4.69, 9.17) is 16.3 Å². The quantitative estimate of drug-likeness (QED) is 0.758. The van der Waals surface area contributed by atoms with Gasteiger partial charge in [-0.2, -0.15) is 9.78 Å². The van der Waals surface area contributed by atoms with Crippen molar-refractivity contribution in [1.29, 1.82) is 0 Å². The summed E-state index contributed by atoms with van der Waals surface area (Å²) in [6.07, 6.45) is 3.75. The molecular formula is C16H16ClN5O2. The number of hydrogen-bond donors (Lipinski definition) is 2. The number of ether oxygens (including phenoxy) is 1. The third kappa shape index (κ3) is 2.76. The predicted molar refractivity (Wildman–Crippen MR) is 92.0 cm³/mol. The van der Waals surface area contributed by atoms with Crippen molar-refractivity contribution >= 4 is 28.3 Å². The van der Waals surface area contributed by atoms with Gasteiger partial charge in [0, 0.05) is 13.2 Å². The SMILES string of the molecule is O=c1c(Cl)c(NCC2CCCO2)cnn1-c1nc2ccccc2[nH]1. The summed E-state index contributed by atoms with van der Waals surface area (Å²) >= 11 is 6.21. The molecule has 1 aliphatic rings. The average Bonchev–Trinajstić information content (AvgIpc) is 3.25. The summed E-state index contributed by atoms with van der Waals surface area (Å²) in [6.45, 7) is 1.39. The maximum Gasteiger partial charge on any atom is 0.295 e. The summed E-state index contributed by atoms with van der Waals surface area (Å²) in [6, 6.07) is 7.52. The Morgan fingerprint density at radius 3 is 3.08 bits per heavy atom. The zero-order valence-electron chi connectivity index (χ0n) is 12.8. The van der Waals surface area contributed by atoms with E-state index in [1.165, 1.54) is 10.9 Å². The number of imidazole rings is 1. The minimum Gasteiger partial charge on any atom is -0.380 e. The number of rotatable bonds is 4. The van der Waals surface area contributed by atoms with Crippen LogP contribution in [0.1, 0.15) is 12.8 Å². The van der Waals surface area contributed by atoms with Crippen molar-refractivity contribution < 1.29 is 4.74 Å². The van der Waals surface area contributed by atoms with Crippen molar-refractivity contribution in [3.63, 3.8) is 0 Å². The van der Waals surface area contributed by atoms with Gasteiger partial charge in [0.2, 0.25) is 5.95 Å². The van der Waals surface area contributed by atoms with Gasteiger partial charge in [0.15, 0.2) is 0 Å². The summed E-state index contributed by atoms with van der Waals surface area (Å²) in [7, 11) is 0. The fourth-order valence-electron chi connectivity index (χ4n) is 2.78. The molecule has 0 spiro atoms. The molecule has 0 aliphatic carbocycles. The zero-order chi connectivity index (χ0) is 16.5. The monoisotopic (exact) mass is 345 g/mol. The van der Waals surface area contributed by atoms with Crippen molar-refractivity contribution in [3.05, 3.63) is 45.8 Å². The molecule has 7 nitrogen and oxygen atoms in total. The van der Waals surface area contributed by atoms with E-state index in [9.17, 15) is 4.79 Å².